The van der Waals surface area contributed by atoms with Crippen LogP contribution in [0.15, 0.2) is 12.3 Å². The van der Waals surface area contributed by atoms with E-state index in [2.05, 4.69) is 9.47 Å². The Kier molecular flexibility index (Phi) is 2.85. The number of carbonyl (C=O) groups excluding carboxylic acids is 1. The van der Waals surface area contributed by atoms with Crippen LogP contribution in [0.5, 0.6) is 5.88 Å². The highest BCUT2D eigenvalue weighted by Crippen LogP contribution is 2.12. The van der Waals surface area contributed by atoms with E-state index in [-0.39, 0.29) is 16.2 Å². The molecule has 0 spiro atoms. The van der Waals surface area contributed by atoms with E-state index in [0.717, 1.165) is 13.2 Å². The number of methoxy groups -OCH3 is 2. The fourth-order valence-electron chi connectivity index (χ4n) is 0.907. The van der Waals surface area contributed by atoms with Gasteiger partial charge >= 0.3 is 11.8 Å². The topological polar surface area (TPSA) is 62.5 Å². The van der Waals surface area contributed by atoms with Crippen LogP contribution in [0.25, 0.3) is 0 Å². The van der Waals surface area contributed by atoms with E-state index in [0.29, 0.717) is 6.20 Å². The second-order valence-electron chi connectivity index (χ2n) is 2.39. The second kappa shape index (κ2) is 3.91. The maximum absolute atomic E-state index is 13.0. The molecule has 1 rings (SSSR count). The van der Waals surface area contributed by atoms with Crippen molar-refractivity contribution < 1.29 is 23.4 Å². The van der Waals surface area contributed by atoms with Crippen molar-refractivity contribution in [2.75, 3.05) is 14.2 Å². The Bertz CT molecular complexity index is 367. The molecule has 6 heteroatoms. The molecule has 0 bridgehead atoms. The number of hydrogen-bond acceptors (Lipinski definition) is 4. The summed E-state index contributed by atoms with van der Waals surface area (Å²) in [7, 11) is 2.36. The minimum Gasteiger partial charge on any atom is -0.616 e. The maximum atomic E-state index is 13.0. The Hall–Kier alpha value is -1.85. The van der Waals surface area contributed by atoms with Crippen LogP contribution < -0.4 is 9.47 Å². The first-order valence-electron chi connectivity index (χ1n) is 3.65. The Morgan fingerprint density at radius 1 is 1.57 bits per heavy atom. The molecule has 0 aliphatic carbocycles. The molecule has 5 nitrogen and oxygen atoms in total. The maximum Gasteiger partial charge on any atom is 0.380 e. The van der Waals surface area contributed by atoms with E-state index in [1.165, 1.54) is 7.11 Å². The van der Waals surface area contributed by atoms with E-state index < -0.39 is 11.8 Å². The van der Waals surface area contributed by atoms with Crippen molar-refractivity contribution in [2.24, 2.45) is 0 Å². The van der Waals surface area contributed by atoms with Crippen LogP contribution in [0.3, 0.4) is 0 Å². The van der Waals surface area contributed by atoms with Gasteiger partial charge in [-0.15, -0.1) is 4.73 Å². The van der Waals surface area contributed by atoms with Gasteiger partial charge in [-0.1, -0.05) is 0 Å². The van der Waals surface area contributed by atoms with Gasteiger partial charge in [-0.05, 0) is 0 Å². The molecule has 0 atom stereocenters. The molecule has 0 saturated carbocycles. The summed E-state index contributed by atoms with van der Waals surface area (Å²) in [5.74, 6) is -1.99. The summed E-state index contributed by atoms with van der Waals surface area (Å²) in [5.41, 5.74) is -0.337. The molecule has 1 aromatic heterocycles. The zero-order valence-electron chi connectivity index (χ0n) is 7.61. The molecular formula is C8H8FNO4. The fraction of sp³-hybridized carbons (Fsp3) is 0.250. The molecule has 1 heterocycles. The van der Waals surface area contributed by atoms with E-state index in [4.69, 9.17) is 0 Å². The number of ether oxygens (including phenoxy) is 2. The lowest BCUT2D eigenvalue weighted by atomic mass is 10.2. The van der Waals surface area contributed by atoms with Crippen LogP contribution in [0.4, 0.5) is 4.39 Å². The molecule has 0 unspecified atom stereocenters. The van der Waals surface area contributed by atoms with Gasteiger partial charge in [0.25, 0.3) is 0 Å². The number of rotatable bonds is 2. The quantitative estimate of drug-likeness (QED) is 0.391. The number of esters is 1. The van der Waals surface area contributed by atoms with Gasteiger partial charge in [0, 0.05) is 0 Å². The van der Waals surface area contributed by atoms with Crippen LogP contribution in [-0.2, 0) is 4.74 Å². The van der Waals surface area contributed by atoms with Crippen LogP contribution in [0.1, 0.15) is 10.4 Å². The van der Waals surface area contributed by atoms with Crippen LogP contribution in [0.2, 0.25) is 0 Å². The highest BCUT2D eigenvalue weighted by Gasteiger charge is 2.19. The van der Waals surface area contributed by atoms with Gasteiger partial charge in [-0.2, -0.15) is 4.39 Å². The van der Waals surface area contributed by atoms with E-state index in [1.807, 2.05) is 0 Å². The van der Waals surface area contributed by atoms with Gasteiger partial charge in [0.1, 0.15) is 5.56 Å². The lowest BCUT2D eigenvalue weighted by Gasteiger charge is -2.04. The average molecular weight is 201 g/mol. The number of hydrogen-bond donors (Lipinski definition) is 0. The summed E-state index contributed by atoms with van der Waals surface area (Å²) in [5, 5.41) is 10.9. The molecular weight excluding hydrogens is 193 g/mol. The predicted molar refractivity (Wildman–Crippen MR) is 43.3 cm³/mol. The lowest BCUT2D eigenvalue weighted by Crippen LogP contribution is -2.29. The largest absolute Gasteiger partial charge is 0.616 e. The zero-order chi connectivity index (χ0) is 10.7. The van der Waals surface area contributed by atoms with Crippen LogP contribution >= 0.6 is 0 Å². The Morgan fingerprint density at radius 3 is 2.71 bits per heavy atom. The molecule has 0 aliphatic heterocycles. The molecule has 0 aromatic carbocycles. The highest BCUT2D eigenvalue weighted by atomic mass is 19.1. The van der Waals surface area contributed by atoms with Crippen LogP contribution in [-0.4, -0.2) is 20.2 Å². The minimum atomic E-state index is -0.951. The smallest absolute Gasteiger partial charge is 0.380 e. The summed E-state index contributed by atoms with van der Waals surface area (Å²) in [6.07, 6.45) is 0.602. The summed E-state index contributed by atoms with van der Waals surface area (Å²) >= 11 is 0. The van der Waals surface area contributed by atoms with Gasteiger partial charge < -0.3 is 14.7 Å². The fourth-order valence-corrected chi connectivity index (χ4v) is 0.907. The molecule has 14 heavy (non-hydrogen) atoms. The monoisotopic (exact) mass is 201 g/mol. The molecule has 0 amide bonds. The first-order valence-corrected chi connectivity index (χ1v) is 3.65. The van der Waals surface area contributed by atoms with Crippen molar-refractivity contribution in [2.45, 2.75) is 0 Å². The average Bonchev–Trinajstić information content (AvgIpc) is 2.17. The van der Waals surface area contributed by atoms with Gasteiger partial charge in [0.15, 0.2) is 0 Å². The van der Waals surface area contributed by atoms with E-state index in [1.54, 1.807) is 0 Å². The summed E-state index contributed by atoms with van der Waals surface area (Å²) in [4.78, 5) is 11.0. The molecule has 0 aliphatic rings. The molecule has 0 N–H and O–H groups in total. The predicted octanol–water partition coefficient (Wildman–Crippen LogP) is 0.254. The Labute approximate surface area is 79.3 Å². The van der Waals surface area contributed by atoms with Gasteiger partial charge in [0.2, 0.25) is 12.0 Å². The summed E-state index contributed by atoms with van der Waals surface area (Å²) in [6, 6.07) is 0.980. The van der Waals surface area contributed by atoms with Crippen molar-refractivity contribution in [1.82, 2.24) is 0 Å². The van der Waals surface area contributed by atoms with E-state index in [9.17, 15) is 14.4 Å². The third-order valence-electron chi connectivity index (χ3n) is 1.59. The van der Waals surface area contributed by atoms with Crippen molar-refractivity contribution >= 4 is 5.97 Å². The Balaban J connectivity index is 3.24. The normalized spacial score (nSPS) is 9.64. The summed E-state index contributed by atoms with van der Waals surface area (Å²) < 4.78 is 22.1. The second-order valence-corrected chi connectivity index (χ2v) is 2.39. The SMILES string of the molecule is COC(=O)c1cc(OC)[n+]([O-])cc1F. The number of pyridine rings is 1. The number of carbonyl (C=O) groups is 1. The Morgan fingerprint density at radius 2 is 2.21 bits per heavy atom. The number of halogens is 1. The molecule has 0 saturated heterocycles. The summed E-state index contributed by atoms with van der Waals surface area (Å²) in [6.45, 7) is 0. The molecule has 0 radical (unpaired) electrons. The third-order valence-corrected chi connectivity index (χ3v) is 1.59. The molecule has 1 aromatic rings. The highest BCUT2D eigenvalue weighted by molar-refractivity contribution is 5.89. The first-order chi connectivity index (χ1) is 6.60. The van der Waals surface area contributed by atoms with Gasteiger partial charge in [-0.3, -0.25) is 0 Å². The van der Waals surface area contributed by atoms with Gasteiger partial charge in [0.05, 0.1) is 20.3 Å². The van der Waals surface area contributed by atoms with Gasteiger partial charge in [-0.25, -0.2) is 4.79 Å². The van der Waals surface area contributed by atoms with Crippen molar-refractivity contribution in [1.29, 1.82) is 0 Å². The number of aromatic nitrogens is 1. The zero-order valence-corrected chi connectivity index (χ0v) is 7.61. The minimum absolute atomic E-state index is 0.174. The lowest BCUT2D eigenvalue weighted by molar-refractivity contribution is -0.613. The first kappa shape index (κ1) is 10.2. The molecule has 0 fully saturated rings. The van der Waals surface area contributed by atoms with Crippen molar-refractivity contribution in [3.05, 3.63) is 28.9 Å². The van der Waals surface area contributed by atoms with Crippen molar-refractivity contribution in [3.8, 4) is 5.88 Å². The standard InChI is InChI=1S/C8H8FNO4/c1-13-7-3-5(8(11)14-2)6(9)4-10(7)12/h3-4H,1-2H3. The number of nitrogens with zero attached hydrogens (tertiary/aromatic N) is 1. The van der Waals surface area contributed by atoms with Crippen molar-refractivity contribution in [3.63, 3.8) is 0 Å². The van der Waals surface area contributed by atoms with E-state index >= 15 is 0 Å². The molecule has 76 valence electrons. The third kappa shape index (κ3) is 1.73. The van der Waals surface area contributed by atoms with Crippen LogP contribution in [0, 0.1) is 11.0 Å².